The summed E-state index contributed by atoms with van der Waals surface area (Å²) in [7, 11) is -18.3. The molecule has 20 nitrogen and oxygen atoms in total. The lowest BCUT2D eigenvalue weighted by molar-refractivity contribution is -0.339. The number of hydrogen-bond donors (Lipinski definition) is 5. The molecule has 0 aromatic carbocycles. The maximum Gasteiger partial charge on any atom is 0.330 e. The van der Waals surface area contributed by atoms with Crippen molar-refractivity contribution in [3.8, 4) is 0 Å². The molecule has 2 aromatic heterocycles. The van der Waals surface area contributed by atoms with Crippen LogP contribution in [0.15, 0.2) is 9.59 Å². The first kappa shape index (κ1) is 25.9. The minimum atomic E-state index is -6.21. The van der Waals surface area contributed by atoms with Crippen LogP contribution in [0.1, 0.15) is 6.23 Å². The predicted octanol–water partition coefficient (Wildman–Crippen LogP) is -5.57. The third-order valence-electron chi connectivity index (χ3n) is 3.99. The lowest BCUT2D eigenvalue weighted by Gasteiger charge is -2.37. The van der Waals surface area contributed by atoms with Crippen molar-refractivity contribution in [3.63, 3.8) is 0 Å². The second kappa shape index (κ2) is 8.79. The summed E-state index contributed by atoms with van der Waals surface area (Å²) >= 11 is 0. The van der Waals surface area contributed by atoms with E-state index in [0.717, 1.165) is 0 Å². The number of nitrogens with zero attached hydrogens (tertiary/aromatic N) is 2. The Hall–Kier alpha value is -1.76. The van der Waals surface area contributed by atoms with Gasteiger partial charge in [0.25, 0.3) is 21.2 Å². The maximum absolute atomic E-state index is 12.2. The summed E-state index contributed by atoms with van der Waals surface area (Å²) in [6.07, 6.45) is -7.37. The van der Waals surface area contributed by atoms with Gasteiger partial charge in [0.15, 0.2) is 17.4 Å². The minimum absolute atomic E-state index is 0.364. The molecule has 6 N–H and O–H groups in total. The second-order valence-electron chi connectivity index (χ2n) is 6.30. The van der Waals surface area contributed by atoms with E-state index in [4.69, 9.17) is 10.5 Å². The van der Waals surface area contributed by atoms with E-state index < -0.39 is 71.8 Å². The molecule has 3 heterocycles. The smallest absolute Gasteiger partial charge is 0.330 e. The summed E-state index contributed by atoms with van der Waals surface area (Å²) in [5.41, 5.74) is 2.77. The Morgan fingerprint density at radius 1 is 1.06 bits per heavy atom. The van der Waals surface area contributed by atoms with Crippen LogP contribution in [0.3, 0.4) is 0 Å². The van der Waals surface area contributed by atoms with Crippen LogP contribution in [0.5, 0.6) is 0 Å². The van der Waals surface area contributed by atoms with Crippen LogP contribution in [0.4, 0.5) is 5.95 Å². The molecule has 2 aromatic rings. The van der Waals surface area contributed by atoms with Crippen LogP contribution < -0.4 is 36.6 Å². The van der Waals surface area contributed by atoms with Gasteiger partial charge in [-0.3, -0.25) is 28.2 Å². The Kier molecular flexibility index (Phi) is 6.89. The van der Waals surface area contributed by atoms with Gasteiger partial charge in [-0.25, -0.2) is 13.7 Å². The number of aromatic nitrogens is 4. The number of phosphoric ester groups is 1. The summed E-state index contributed by atoms with van der Waals surface area (Å²) < 4.78 is 49.4. The molecule has 186 valence electrons. The number of aliphatic hydroxyl groups excluding tert-OH is 2. The van der Waals surface area contributed by atoms with Gasteiger partial charge in [-0.15, -0.1) is 0 Å². The fourth-order valence-corrected chi connectivity index (χ4v) is 5.66. The van der Waals surface area contributed by atoms with Gasteiger partial charge in [0.05, 0.1) is 14.4 Å². The highest BCUT2D eigenvalue weighted by Gasteiger charge is 2.45. The highest BCUT2D eigenvalue weighted by atomic mass is 31.3. The SMILES string of the molecule is Nc1nc2c([nH]c(=O)n2[C@@H]2O[C@H](COP(=O)([O-])OP(=O)([O-])OP(=O)([O-])[O-])[C@@H](O)[C@H]2O)c(=O)[nH]1. The van der Waals surface area contributed by atoms with E-state index in [1.165, 1.54) is 0 Å². The monoisotopic (exact) mass is 535 g/mol. The Labute approximate surface area is 180 Å². The summed E-state index contributed by atoms with van der Waals surface area (Å²) in [6, 6.07) is 0. The average molecular weight is 535 g/mol. The van der Waals surface area contributed by atoms with Gasteiger partial charge in [-0.2, -0.15) is 4.98 Å². The Morgan fingerprint density at radius 2 is 1.70 bits per heavy atom. The Bertz CT molecular complexity index is 1310. The van der Waals surface area contributed by atoms with E-state index in [1.54, 1.807) is 0 Å². The summed E-state index contributed by atoms with van der Waals surface area (Å²) in [5, 5.41) is 20.3. The van der Waals surface area contributed by atoms with E-state index in [1.807, 2.05) is 0 Å². The van der Waals surface area contributed by atoms with E-state index in [9.17, 15) is 53.1 Å². The van der Waals surface area contributed by atoms with Crippen molar-refractivity contribution in [3.05, 3.63) is 20.8 Å². The molecule has 3 rings (SSSR count). The second-order valence-corrected chi connectivity index (χ2v) is 10.5. The lowest BCUT2D eigenvalue weighted by Crippen LogP contribution is -2.35. The van der Waals surface area contributed by atoms with Crippen LogP contribution in [0.2, 0.25) is 0 Å². The summed E-state index contributed by atoms with van der Waals surface area (Å²) in [5.74, 6) is -0.414. The quantitative estimate of drug-likeness (QED) is 0.197. The fourth-order valence-electron chi connectivity index (χ4n) is 2.79. The van der Waals surface area contributed by atoms with Gasteiger partial charge >= 0.3 is 5.69 Å². The molecule has 0 amide bonds. The number of nitrogens with one attached hydrogen (secondary N) is 2. The molecular formula is C10H12N5O15P3-4. The number of H-pyrrole nitrogens is 2. The molecule has 23 heteroatoms. The average Bonchev–Trinajstić information content (AvgIpc) is 3.07. The molecule has 1 aliphatic heterocycles. The number of hydrogen-bond acceptors (Lipinski definition) is 17. The van der Waals surface area contributed by atoms with Crippen molar-refractivity contribution in [1.29, 1.82) is 0 Å². The molecule has 1 saturated heterocycles. The van der Waals surface area contributed by atoms with E-state index in [0.29, 0.717) is 4.57 Å². The lowest BCUT2D eigenvalue weighted by atomic mass is 10.1. The molecule has 0 radical (unpaired) electrons. The molecule has 0 bridgehead atoms. The normalized spacial score (nSPS) is 27.5. The van der Waals surface area contributed by atoms with Crippen LogP contribution in [0.25, 0.3) is 11.2 Å². The van der Waals surface area contributed by atoms with Crippen LogP contribution in [-0.4, -0.2) is 54.7 Å². The number of imidazole rings is 1. The molecule has 0 spiro atoms. The van der Waals surface area contributed by atoms with E-state index in [-0.39, 0.29) is 11.2 Å². The van der Waals surface area contributed by atoms with Crippen molar-refractivity contribution < 1.29 is 61.4 Å². The van der Waals surface area contributed by atoms with Crippen LogP contribution in [-0.2, 0) is 31.6 Å². The number of anilines is 1. The number of nitrogen functional groups attached to an aromatic ring is 1. The van der Waals surface area contributed by atoms with Gasteiger partial charge in [-0.1, -0.05) is 0 Å². The number of fused-ring (bicyclic) bond motifs is 1. The van der Waals surface area contributed by atoms with E-state index >= 15 is 0 Å². The third-order valence-corrected chi connectivity index (χ3v) is 7.65. The zero-order valence-electron chi connectivity index (χ0n) is 15.5. The standard InChI is InChI=1S/C10H16N5O15P3/c11-9-13-6-3(7(18)14-9)12-10(19)15(6)8-5(17)4(16)2(28-8)1-27-32(23,24)30-33(25,26)29-31(20,21)22/h2,4-5,8,16-17H,1H2,(H,12,19)(H,23,24)(H,25,26)(H2,20,21,22)(H3,11,13,14,18)/p-4/t2-,4-,5-,8-/m1/s1. The molecule has 33 heavy (non-hydrogen) atoms. The first-order valence-electron chi connectivity index (χ1n) is 8.23. The zero-order valence-corrected chi connectivity index (χ0v) is 18.2. The molecule has 0 saturated carbocycles. The molecule has 0 aliphatic carbocycles. The molecule has 1 fully saturated rings. The number of nitrogens with two attached hydrogens (primary N) is 1. The summed E-state index contributed by atoms with van der Waals surface area (Å²) in [4.78, 5) is 75.4. The number of ether oxygens (including phenoxy) is 1. The highest BCUT2D eigenvalue weighted by Crippen LogP contribution is 2.60. The summed E-state index contributed by atoms with van der Waals surface area (Å²) in [6.45, 7) is -1.23. The van der Waals surface area contributed by atoms with E-state index in [2.05, 4.69) is 28.1 Å². The van der Waals surface area contributed by atoms with Crippen molar-refractivity contribution in [2.75, 3.05) is 12.3 Å². The molecule has 1 aliphatic rings. The Morgan fingerprint density at radius 3 is 2.30 bits per heavy atom. The molecule has 6 atom stereocenters. The van der Waals surface area contributed by atoms with Gasteiger partial charge in [0, 0.05) is 0 Å². The first-order chi connectivity index (χ1) is 15.0. The van der Waals surface area contributed by atoms with Crippen molar-refractivity contribution in [1.82, 2.24) is 19.5 Å². The van der Waals surface area contributed by atoms with Gasteiger partial charge in [0.1, 0.15) is 18.3 Å². The fraction of sp³-hybridized carbons (Fsp3) is 0.500. The minimum Gasteiger partial charge on any atom is -0.790 e. The first-order valence-corrected chi connectivity index (χ1v) is 12.6. The predicted molar refractivity (Wildman–Crippen MR) is 92.3 cm³/mol. The van der Waals surface area contributed by atoms with Crippen molar-refractivity contribution in [2.24, 2.45) is 0 Å². The van der Waals surface area contributed by atoms with Crippen molar-refractivity contribution >= 4 is 40.6 Å². The molecular weight excluding hydrogens is 523 g/mol. The van der Waals surface area contributed by atoms with Crippen LogP contribution in [0, 0.1) is 0 Å². The van der Waals surface area contributed by atoms with Gasteiger partial charge < -0.3 is 49.3 Å². The largest absolute Gasteiger partial charge is 0.790 e. The highest BCUT2D eigenvalue weighted by molar-refractivity contribution is 7.64. The number of rotatable bonds is 8. The zero-order chi connectivity index (χ0) is 24.9. The maximum atomic E-state index is 12.2. The Balaban J connectivity index is 1.78. The van der Waals surface area contributed by atoms with Gasteiger partial charge in [0.2, 0.25) is 5.95 Å². The molecule has 2 unspecified atom stereocenters. The van der Waals surface area contributed by atoms with Crippen molar-refractivity contribution in [2.45, 2.75) is 24.5 Å². The van der Waals surface area contributed by atoms with Crippen LogP contribution >= 0.6 is 23.5 Å². The van der Waals surface area contributed by atoms with Gasteiger partial charge in [-0.05, 0) is 0 Å². The topological polar surface area (TPSA) is 330 Å². The number of aromatic amines is 2. The third kappa shape index (κ3) is 5.84. The number of phosphoric acid groups is 3. The number of aliphatic hydroxyl groups is 2.